The summed E-state index contributed by atoms with van der Waals surface area (Å²) in [5.41, 5.74) is 4.29. The SMILES string of the molecule is CC1(C)Oc2ccc(-c3cc(F)cc(B4OC(C)(C)C(C)(C)O4)c3)cc2-c2ccccc21. The van der Waals surface area contributed by atoms with E-state index in [1.54, 1.807) is 6.07 Å². The van der Waals surface area contributed by atoms with Gasteiger partial charge in [0.25, 0.3) is 0 Å². The maximum absolute atomic E-state index is 14.7. The number of hydrogen-bond acceptors (Lipinski definition) is 3. The third-order valence-corrected chi connectivity index (χ3v) is 6.99. The Hall–Kier alpha value is -2.63. The Morgan fingerprint density at radius 3 is 2.12 bits per heavy atom. The summed E-state index contributed by atoms with van der Waals surface area (Å²) in [5, 5.41) is 0. The molecule has 0 spiro atoms. The highest BCUT2D eigenvalue weighted by Crippen LogP contribution is 2.46. The van der Waals surface area contributed by atoms with Gasteiger partial charge in [0.2, 0.25) is 0 Å². The smallest absolute Gasteiger partial charge is 0.482 e. The van der Waals surface area contributed by atoms with E-state index < -0.39 is 23.9 Å². The van der Waals surface area contributed by atoms with Crippen molar-refractivity contribution in [2.45, 2.75) is 58.3 Å². The number of rotatable bonds is 2. The summed E-state index contributed by atoms with van der Waals surface area (Å²) in [6.07, 6.45) is 0. The first-order valence-corrected chi connectivity index (χ1v) is 11.1. The monoisotopic (exact) mass is 430 g/mol. The topological polar surface area (TPSA) is 27.7 Å². The van der Waals surface area contributed by atoms with Crippen molar-refractivity contribution >= 4 is 12.6 Å². The maximum Gasteiger partial charge on any atom is 0.494 e. The summed E-state index contributed by atoms with van der Waals surface area (Å²) in [4.78, 5) is 0. The second kappa shape index (κ2) is 6.93. The van der Waals surface area contributed by atoms with Gasteiger partial charge in [-0.25, -0.2) is 4.39 Å². The van der Waals surface area contributed by atoms with Gasteiger partial charge in [-0.1, -0.05) is 36.4 Å². The second-order valence-corrected chi connectivity index (χ2v) is 10.2. The zero-order valence-electron chi connectivity index (χ0n) is 19.5. The number of ether oxygens (including phenoxy) is 1. The Bertz CT molecular complexity index is 1200. The fourth-order valence-corrected chi connectivity index (χ4v) is 4.48. The first kappa shape index (κ1) is 21.2. The molecule has 1 fully saturated rings. The maximum atomic E-state index is 14.7. The van der Waals surface area contributed by atoms with Crippen LogP contribution in [0.25, 0.3) is 22.3 Å². The van der Waals surface area contributed by atoms with Crippen molar-refractivity contribution in [1.29, 1.82) is 0 Å². The van der Waals surface area contributed by atoms with Gasteiger partial charge >= 0.3 is 7.12 Å². The van der Waals surface area contributed by atoms with Gasteiger partial charge in [-0.2, -0.15) is 0 Å². The molecule has 0 atom stereocenters. The Kier molecular flexibility index (Phi) is 4.60. The van der Waals surface area contributed by atoms with Crippen LogP contribution in [-0.2, 0) is 14.9 Å². The molecule has 1 saturated heterocycles. The summed E-state index contributed by atoms with van der Waals surface area (Å²) in [6, 6.07) is 19.3. The van der Waals surface area contributed by atoms with E-state index in [9.17, 15) is 4.39 Å². The standard InChI is InChI=1S/C27H28BFO3/c1-25(2)23-10-8-7-9-21(23)22-15-17(11-12-24(22)30-25)18-13-19(16-20(29)14-18)28-31-26(3,4)27(5,6)32-28/h7-16H,1-6H3. The molecule has 0 bridgehead atoms. The average Bonchev–Trinajstić information content (AvgIpc) is 2.94. The van der Waals surface area contributed by atoms with Crippen LogP contribution in [0.1, 0.15) is 47.1 Å². The van der Waals surface area contributed by atoms with Gasteiger partial charge in [0.1, 0.15) is 17.2 Å². The number of fused-ring (bicyclic) bond motifs is 3. The molecule has 164 valence electrons. The van der Waals surface area contributed by atoms with Crippen LogP contribution in [0.15, 0.2) is 60.7 Å². The van der Waals surface area contributed by atoms with Gasteiger partial charge in [-0.15, -0.1) is 0 Å². The Morgan fingerprint density at radius 2 is 1.41 bits per heavy atom. The molecule has 0 radical (unpaired) electrons. The quantitative estimate of drug-likeness (QED) is 0.461. The van der Waals surface area contributed by atoms with Crippen LogP contribution in [-0.4, -0.2) is 18.3 Å². The molecular weight excluding hydrogens is 402 g/mol. The minimum absolute atomic E-state index is 0.317. The Morgan fingerprint density at radius 1 is 0.719 bits per heavy atom. The van der Waals surface area contributed by atoms with Gasteiger partial charge in [0.15, 0.2) is 0 Å². The van der Waals surface area contributed by atoms with E-state index in [0.29, 0.717) is 5.46 Å². The predicted octanol–water partition coefficient (Wildman–Crippen LogP) is 6.09. The van der Waals surface area contributed by atoms with E-state index in [2.05, 4.69) is 32.0 Å². The van der Waals surface area contributed by atoms with Gasteiger partial charge in [0.05, 0.1) is 11.2 Å². The zero-order chi connectivity index (χ0) is 22.9. The molecule has 5 rings (SSSR count). The first-order valence-electron chi connectivity index (χ1n) is 11.1. The van der Waals surface area contributed by atoms with Gasteiger partial charge in [-0.3, -0.25) is 0 Å². The van der Waals surface area contributed by atoms with Crippen LogP contribution in [0.4, 0.5) is 4.39 Å². The van der Waals surface area contributed by atoms with E-state index >= 15 is 0 Å². The summed E-state index contributed by atoms with van der Waals surface area (Å²) >= 11 is 0. The Balaban J connectivity index is 1.57. The Labute approximate surface area is 189 Å². The van der Waals surface area contributed by atoms with Crippen LogP contribution in [0, 0.1) is 5.82 Å². The first-order chi connectivity index (χ1) is 15.0. The van der Waals surface area contributed by atoms with Gasteiger partial charge in [0, 0.05) is 11.1 Å². The van der Waals surface area contributed by atoms with Crippen molar-refractivity contribution in [3.63, 3.8) is 0 Å². The molecule has 0 saturated carbocycles. The molecule has 2 aliphatic rings. The lowest BCUT2D eigenvalue weighted by Gasteiger charge is -2.35. The van der Waals surface area contributed by atoms with Crippen LogP contribution >= 0.6 is 0 Å². The van der Waals surface area contributed by atoms with E-state index in [1.807, 2.05) is 58.0 Å². The summed E-state index contributed by atoms with van der Waals surface area (Å²) in [5.74, 6) is 0.516. The number of halogens is 1. The molecule has 5 heteroatoms. The predicted molar refractivity (Wildman–Crippen MR) is 127 cm³/mol. The fourth-order valence-electron chi connectivity index (χ4n) is 4.48. The summed E-state index contributed by atoms with van der Waals surface area (Å²) in [7, 11) is -0.614. The second-order valence-electron chi connectivity index (χ2n) is 10.2. The molecule has 0 N–H and O–H groups in total. The molecule has 0 aliphatic carbocycles. The average molecular weight is 430 g/mol. The summed E-state index contributed by atoms with van der Waals surface area (Å²) in [6.45, 7) is 12.1. The lowest BCUT2D eigenvalue weighted by atomic mass is 9.77. The normalized spacial score (nSPS) is 19.8. The zero-order valence-corrected chi connectivity index (χ0v) is 19.5. The van der Waals surface area contributed by atoms with Crippen molar-refractivity contribution in [1.82, 2.24) is 0 Å². The van der Waals surface area contributed by atoms with Crippen molar-refractivity contribution in [3.8, 4) is 28.0 Å². The van der Waals surface area contributed by atoms with Crippen LogP contribution in [0.3, 0.4) is 0 Å². The van der Waals surface area contributed by atoms with E-state index in [0.717, 1.165) is 33.6 Å². The molecule has 3 nitrogen and oxygen atoms in total. The van der Waals surface area contributed by atoms with Crippen molar-refractivity contribution < 1.29 is 18.4 Å². The minimum Gasteiger partial charge on any atom is -0.482 e. The molecule has 3 aromatic rings. The number of hydrogen-bond donors (Lipinski definition) is 0. The van der Waals surface area contributed by atoms with Crippen molar-refractivity contribution in [3.05, 3.63) is 72.0 Å². The lowest BCUT2D eigenvalue weighted by molar-refractivity contribution is 0.00578. The summed E-state index contributed by atoms with van der Waals surface area (Å²) < 4.78 is 33.3. The van der Waals surface area contributed by atoms with Crippen molar-refractivity contribution in [2.75, 3.05) is 0 Å². The highest BCUT2D eigenvalue weighted by atomic mass is 19.1. The molecule has 0 amide bonds. The largest absolute Gasteiger partial charge is 0.494 e. The van der Waals surface area contributed by atoms with E-state index in [-0.39, 0.29) is 5.82 Å². The van der Waals surface area contributed by atoms with Crippen LogP contribution in [0.2, 0.25) is 0 Å². The van der Waals surface area contributed by atoms with Crippen LogP contribution < -0.4 is 10.2 Å². The molecule has 2 heterocycles. The molecule has 0 aromatic heterocycles. The molecule has 32 heavy (non-hydrogen) atoms. The van der Waals surface area contributed by atoms with Crippen molar-refractivity contribution in [2.24, 2.45) is 0 Å². The van der Waals surface area contributed by atoms with Crippen LogP contribution in [0.5, 0.6) is 5.75 Å². The third-order valence-electron chi connectivity index (χ3n) is 6.99. The number of benzene rings is 3. The molecule has 2 aliphatic heterocycles. The van der Waals surface area contributed by atoms with E-state index in [4.69, 9.17) is 14.0 Å². The highest BCUT2D eigenvalue weighted by Gasteiger charge is 2.51. The lowest BCUT2D eigenvalue weighted by Crippen LogP contribution is -2.41. The van der Waals surface area contributed by atoms with Gasteiger partial charge < -0.3 is 14.0 Å². The molecule has 0 unspecified atom stereocenters. The molecular formula is C27H28BFO3. The van der Waals surface area contributed by atoms with E-state index in [1.165, 1.54) is 6.07 Å². The third kappa shape index (κ3) is 3.35. The van der Waals surface area contributed by atoms with Gasteiger partial charge in [-0.05, 0) is 88.0 Å². The molecule has 3 aromatic carbocycles. The fraction of sp³-hybridized carbons (Fsp3) is 0.333. The minimum atomic E-state index is -0.614. The highest BCUT2D eigenvalue weighted by molar-refractivity contribution is 6.62.